The van der Waals surface area contributed by atoms with Crippen LogP contribution in [-0.2, 0) is 9.59 Å². The van der Waals surface area contributed by atoms with Crippen LogP contribution >= 0.6 is 43.5 Å². The number of carboxylic acids is 1. The van der Waals surface area contributed by atoms with Gasteiger partial charge in [0.2, 0.25) is 0 Å². The Bertz CT molecular complexity index is 561. The van der Waals surface area contributed by atoms with Crippen molar-refractivity contribution in [1.82, 2.24) is 0 Å². The Balaban J connectivity index is 3.08. The fourth-order valence-electron chi connectivity index (χ4n) is 1.20. The molecule has 1 aromatic rings. The molecule has 0 aromatic heterocycles. The van der Waals surface area contributed by atoms with E-state index in [1.165, 1.54) is 13.8 Å². The largest absolute Gasteiger partial charge is 0.478 e. The minimum Gasteiger partial charge on any atom is -0.478 e. The van der Waals surface area contributed by atoms with Gasteiger partial charge in [0.25, 0.3) is 5.91 Å². The molecular formula is C12H10Br2ClNO3. The molecule has 19 heavy (non-hydrogen) atoms. The number of hydrogen-bond donors (Lipinski definition) is 2. The number of carbonyl (C=O) groups is 2. The molecule has 0 heterocycles. The highest BCUT2D eigenvalue weighted by Gasteiger charge is 2.15. The van der Waals surface area contributed by atoms with Crippen molar-refractivity contribution in [1.29, 1.82) is 0 Å². The minimum absolute atomic E-state index is 0.00120. The molecule has 0 aliphatic heterocycles. The van der Waals surface area contributed by atoms with E-state index in [0.717, 1.165) is 0 Å². The predicted octanol–water partition coefficient (Wildman–Crippen LogP) is 4.22. The Hall–Kier alpha value is -0.850. The van der Waals surface area contributed by atoms with Gasteiger partial charge in [-0.15, -0.1) is 0 Å². The molecule has 0 saturated heterocycles. The summed E-state index contributed by atoms with van der Waals surface area (Å²) in [6.45, 7) is 2.83. The summed E-state index contributed by atoms with van der Waals surface area (Å²) in [4.78, 5) is 22.7. The normalized spacial score (nSPS) is 11.8. The third-order valence-electron chi connectivity index (χ3n) is 2.47. The van der Waals surface area contributed by atoms with Crippen LogP contribution in [0.4, 0.5) is 5.69 Å². The first-order chi connectivity index (χ1) is 8.73. The van der Waals surface area contributed by atoms with Crippen molar-refractivity contribution >= 4 is 61.0 Å². The van der Waals surface area contributed by atoms with Crippen LogP contribution in [-0.4, -0.2) is 17.0 Å². The second kappa shape index (κ2) is 6.54. The van der Waals surface area contributed by atoms with Gasteiger partial charge in [0, 0.05) is 25.1 Å². The summed E-state index contributed by atoms with van der Waals surface area (Å²) in [5, 5.41) is 12.0. The zero-order chi connectivity index (χ0) is 14.7. The van der Waals surface area contributed by atoms with E-state index in [0.29, 0.717) is 19.7 Å². The molecule has 2 N–H and O–H groups in total. The van der Waals surface area contributed by atoms with Gasteiger partial charge in [-0.25, -0.2) is 4.79 Å². The predicted molar refractivity (Wildman–Crippen MR) is 81.5 cm³/mol. The second-order valence-electron chi connectivity index (χ2n) is 3.75. The molecule has 102 valence electrons. The smallest absolute Gasteiger partial charge is 0.331 e. The molecule has 0 unspecified atom stereocenters. The summed E-state index contributed by atoms with van der Waals surface area (Å²) in [6.07, 6.45) is 0. The third-order valence-corrected chi connectivity index (χ3v) is 3.94. The summed E-state index contributed by atoms with van der Waals surface area (Å²) in [7, 11) is 0. The first-order valence-electron chi connectivity index (χ1n) is 5.10. The van der Waals surface area contributed by atoms with Crippen LogP contribution in [0, 0.1) is 0 Å². The van der Waals surface area contributed by atoms with Crippen molar-refractivity contribution in [3.8, 4) is 0 Å². The first-order valence-corrected chi connectivity index (χ1v) is 7.07. The third kappa shape index (κ3) is 4.06. The Kier molecular flexibility index (Phi) is 5.58. The average molecular weight is 411 g/mol. The summed E-state index contributed by atoms with van der Waals surface area (Å²) in [6, 6.07) is 3.26. The molecule has 0 aliphatic rings. The SMILES string of the molecule is CC(C(=O)O)=C(C)C(=O)Nc1c(Br)cc(Cl)cc1Br. The van der Waals surface area contributed by atoms with E-state index < -0.39 is 11.9 Å². The van der Waals surface area contributed by atoms with E-state index in [1.807, 2.05) is 0 Å². The zero-order valence-corrected chi connectivity index (χ0v) is 14.0. The fourth-order valence-corrected chi connectivity index (χ4v) is 3.07. The number of anilines is 1. The maximum atomic E-state index is 11.9. The van der Waals surface area contributed by atoms with E-state index in [4.69, 9.17) is 16.7 Å². The van der Waals surface area contributed by atoms with Crippen LogP contribution in [0.15, 0.2) is 32.2 Å². The molecule has 0 saturated carbocycles. The molecule has 4 nitrogen and oxygen atoms in total. The van der Waals surface area contributed by atoms with E-state index in [-0.39, 0.29) is 11.1 Å². The lowest BCUT2D eigenvalue weighted by atomic mass is 10.1. The number of amides is 1. The van der Waals surface area contributed by atoms with Crippen LogP contribution in [0.3, 0.4) is 0 Å². The van der Waals surface area contributed by atoms with Crippen LogP contribution in [0.1, 0.15) is 13.8 Å². The lowest BCUT2D eigenvalue weighted by molar-refractivity contribution is -0.133. The maximum Gasteiger partial charge on any atom is 0.331 e. The number of halogens is 3. The molecule has 7 heteroatoms. The van der Waals surface area contributed by atoms with Gasteiger partial charge in [-0.2, -0.15) is 0 Å². The molecule has 1 rings (SSSR count). The van der Waals surface area contributed by atoms with Gasteiger partial charge in [-0.3, -0.25) is 4.79 Å². The number of rotatable bonds is 3. The van der Waals surface area contributed by atoms with Gasteiger partial charge < -0.3 is 10.4 Å². The van der Waals surface area contributed by atoms with Crippen molar-refractivity contribution in [2.75, 3.05) is 5.32 Å². The van der Waals surface area contributed by atoms with Crippen molar-refractivity contribution in [3.63, 3.8) is 0 Å². The maximum absolute atomic E-state index is 11.9. The van der Waals surface area contributed by atoms with Gasteiger partial charge in [0.05, 0.1) is 5.69 Å². The fraction of sp³-hybridized carbons (Fsp3) is 0.167. The lowest BCUT2D eigenvalue weighted by Gasteiger charge is -2.11. The topological polar surface area (TPSA) is 66.4 Å². The molecule has 0 spiro atoms. The number of hydrogen-bond acceptors (Lipinski definition) is 2. The average Bonchev–Trinajstić information content (AvgIpc) is 2.31. The molecular weight excluding hydrogens is 401 g/mol. The molecule has 0 bridgehead atoms. The van der Waals surface area contributed by atoms with E-state index >= 15 is 0 Å². The minimum atomic E-state index is -1.12. The van der Waals surface area contributed by atoms with Crippen molar-refractivity contribution in [2.24, 2.45) is 0 Å². The van der Waals surface area contributed by atoms with Crippen molar-refractivity contribution in [2.45, 2.75) is 13.8 Å². The van der Waals surface area contributed by atoms with Crippen LogP contribution in [0.2, 0.25) is 5.02 Å². The zero-order valence-electron chi connectivity index (χ0n) is 10.1. The van der Waals surface area contributed by atoms with Gasteiger partial charge in [-0.1, -0.05) is 11.6 Å². The van der Waals surface area contributed by atoms with Gasteiger partial charge >= 0.3 is 5.97 Å². The number of nitrogens with one attached hydrogen (secondary N) is 1. The molecule has 0 radical (unpaired) electrons. The second-order valence-corrected chi connectivity index (χ2v) is 5.90. The highest BCUT2D eigenvalue weighted by Crippen LogP contribution is 2.34. The summed E-state index contributed by atoms with van der Waals surface area (Å²) < 4.78 is 1.20. The Morgan fingerprint density at radius 2 is 1.63 bits per heavy atom. The lowest BCUT2D eigenvalue weighted by Crippen LogP contribution is -2.16. The van der Waals surface area contributed by atoms with Gasteiger partial charge in [-0.05, 0) is 57.8 Å². The van der Waals surface area contributed by atoms with Crippen molar-refractivity contribution < 1.29 is 14.7 Å². The molecule has 1 aromatic carbocycles. The Morgan fingerprint density at radius 3 is 2.05 bits per heavy atom. The first kappa shape index (κ1) is 16.2. The van der Waals surface area contributed by atoms with Gasteiger partial charge in [0.1, 0.15) is 0 Å². The summed E-state index contributed by atoms with van der Waals surface area (Å²) in [5.74, 6) is -1.61. The molecule has 0 atom stereocenters. The molecule has 0 aliphatic carbocycles. The number of benzene rings is 1. The number of carbonyl (C=O) groups excluding carboxylic acids is 1. The van der Waals surface area contributed by atoms with E-state index in [9.17, 15) is 9.59 Å². The highest BCUT2D eigenvalue weighted by molar-refractivity contribution is 9.11. The summed E-state index contributed by atoms with van der Waals surface area (Å²) in [5.41, 5.74) is 0.631. The van der Waals surface area contributed by atoms with E-state index in [1.54, 1.807) is 12.1 Å². The van der Waals surface area contributed by atoms with Crippen LogP contribution in [0.5, 0.6) is 0 Å². The quantitative estimate of drug-likeness (QED) is 0.732. The van der Waals surface area contributed by atoms with Crippen LogP contribution < -0.4 is 5.32 Å². The Labute approximate surface area is 132 Å². The highest BCUT2D eigenvalue weighted by atomic mass is 79.9. The number of carboxylic acid groups (broad SMARTS) is 1. The van der Waals surface area contributed by atoms with Gasteiger partial charge in [0.15, 0.2) is 0 Å². The summed E-state index contributed by atoms with van der Waals surface area (Å²) >= 11 is 12.4. The molecule has 1 amide bonds. The number of aliphatic carboxylic acids is 1. The van der Waals surface area contributed by atoms with Crippen LogP contribution in [0.25, 0.3) is 0 Å². The molecule has 0 fully saturated rings. The van der Waals surface area contributed by atoms with Crippen molar-refractivity contribution in [3.05, 3.63) is 37.2 Å². The standard InChI is InChI=1S/C12H10Br2ClNO3/c1-5(6(2)12(18)19)11(17)16-10-8(13)3-7(15)4-9(10)14/h3-4H,1-2H3,(H,16,17)(H,18,19). The Morgan fingerprint density at radius 1 is 1.16 bits per heavy atom. The monoisotopic (exact) mass is 409 g/mol. The van der Waals surface area contributed by atoms with E-state index in [2.05, 4.69) is 37.2 Å².